The van der Waals surface area contributed by atoms with Crippen molar-refractivity contribution in [3.8, 4) is 0 Å². The Morgan fingerprint density at radius 1 is 1.06 bits per heavy atom. The van der Waals surface area contributed by atoms with Crippen molar-refractivity contribution in [2.24, 2.45) is 5.73 Å². The summed E-state index contributed by atoms with van der Waals surface area (Å²) in [7, 11) is 0. The number of halogens is 2. The molecule has 1 saturated carbocycles. The second-order valence-electron chi connectivity index (χ2n) is 7.82. The SMILES string of the molecule is NCc1cccc(Cl)c1N1c2ccccc2SC1NC(=O)C1(c2ccc(Cl)cc2)CC1. The summed E-state index contributed by atoms with van der Waals surface area (Å²) < 4.78 is 0. The molecule has 2 aliphatic rings. The molecule has 1 heterocycles. The van der Waals surface area contributed by atoms with Crippen LogP contribution in [0, 0.1) is 0 Å². The van der Waals surface area contributed by atoms with Gasteiger partial charge in [-0.15, -0.1) is 0 Å². The number of amides is 1. The van der Waals surface area contributed by atoms with E-state index >= 15 is 0 Å². The Balaban J connectivity index is 1.50. The van der Waals surface area contributed by atoms with Gasteiger partial charge in [-0.3, -0.25) is 4.79 Å². The molecule has 31 heavy (non-hydrogen) atoms. The molecule has 0 spiro atoms. The Kier molecular flexibility index (Phi) is 5.39. The first-order valence-electron chi connectivity index (χ1n) is 10.1. The minimum absolute atomic E-state index is 0.0199. The zero-order valence-electron chi connectivity index (χ0n) is 16.6. The molecule has 0 saturated heterocycles. The predicted octanol–water partition coefficient (Wildman–Crippen LogP) is 5.83. The fraction of sp³-hybridized carbons (Fsp3) is 0.208. The van der Waals surface area contributed by atoms with E-state index in [-0.39, 0.29) is 11.4 Å². The number of benzene rings is 3. The number of nitrogens with two attached hydrogens (primary N) is 1. The summed E-state index contributed by atoms with van der Waals surface area (Å²) >= 11 is 14.3. The monoisotopic (exact) mass is 469 g/mol. The van der Waals surface area contributed by atoms with E-state index in [9.17, 15) is 4.79 Å². The van der Waals surface area contributed by atoms with Crippen molar-refractivity contribution in [1.82, 2.24) is 5.32 Å². The largest absolute Gasteiger partial charge is 0.326 e. The highest BCUT2D eigenvalue weighted by Gasteiger charge is 2.52. The Bertz CT molecular complexity index is 1150. The third-order valence-corrected chi connectivity index (χ3v) is 7.67. The lowest BCUT2D eigenvalue weighted by molar-refractivity contribution is -0.123. The van der Waals surface area contributed by atoms with Gasteiger partial charge in [-0.1, -0.05) is 71.4 Å². The van der Waals surface area contributed by atoms with Crippen LogP contribution in [0.15, 0.2) is 71.6 Å². The van der Waals surface area contributed by atoms with Crippen LogP contribution in [0.5, 0.6) is 0 Å². The number of rotatable bonds is 5. The van der Waals surface area contributed by atoms with Crippen molar-refractivity contribution in [2.45, 2.75) is 35.2 Å². The smallest absolute Gasteiger partial charge is 0.232 e. The number of carbonyl (C=O) groups is 1. The van der Waals surface area contributed by atoms with E-state index in [1.54, 1.807) is 11.8 Å². The first-order chi connectivity index (χ1) is 15.0. The molecule has 1 fully saturated rings. The van der Waals surface area contributed by atoms with Gasteiger partial charge < -0.3 is 16.0 Å². The number of carbonyl (C=O) groups excluding carboxylic acids is 1. The maximum absolute atomic E-state index is 13.5. The van der Waals surface area contributed by atoms with Crippen molar-refractivity contribution in [3.05, 3.63) is 87.9 Å². The van der Waals surface area contributed by atoms with Gasteiger partial charge in [0, 0.05) is 16.5 Å². The Labute approximate surface area is 195 Å². The van der Waals surface area contributed by atoms with E-state index in [0.717, 1.165) is 40.2 Å². The zero-order valence-corrected chi connectivity index (χ0v) is 19.0. The van der Waals surface area contributed by atoms with E-state index in [1.165, 1.54) is 0 Å². The molecule has 0 bridgehead atoms. The lowest BCUT2D eigenvalue weighted by Crippen LogP contribution is -2.46. The maximum Gasteiger partial charge on any atom is 0.232 e. The third kappa shape index (κ3) is 3.60. The van der Waals surface area contributed by atoms with Gasteiger partial charge in [-0.2, -0.15) is 0 Å². The maximum atomic E-state index is 13.5. The van der Waals surface area contributed by atoms with Gasteiger partial charge in [0.1, 0.15) is 0 Å². The second-order valence-corrected chi connectivity index (χ2v) is 9.79. The van der Waals surface area contributed by atoms with Crippen LogP contribution < -0.4 is 16.0 Å². The summed E-state index contributed by atoms with van der Waals surface area (Å²) in [6.45, 7) is 0.356. The topological polar surface area (TPSA) is 58.4 Å². The summed E-state index contributed by atoms with van der Waals surface area (Å²) in [4.78, 5) is 16.7. The summed E-state index contributed by atoms with van der Waals surface area (Å²) in [5, 5.41) is 4.56. The molecule has 0 aromatic heterocycles. The fourth-order valence-corrected chi connectivity index (χ4v) is 5.76. The quantitative estimate of drug-likeness (QED) is 0.493. The van der Waals surface area contributed by atoms with Crippen LogP contribution in [-0.4, -0.2) is 11.4 Å². The number of fused-ring (bicyclic) bond motifs is 1. The number of thioether (sulfide) groups is 1. The third-order valence-electron chi connectivity index (χ3n) is 5.97. The normalized spacial score (nSPS) is 18.5. The molecule has 5 rings (SSSR count). The number of anilines is 2. The highest BCUT2D eigenvalue weighted by Crippen LogP contribution is 2.52. The van der Waals surface area contributed by atoms with E-state index in [4.69, 9.17) is 28.9 Å². The van der Waals surface area contributed by atoms with Gasteiger partial charge >= 0.3 is 0 Å². The van der Waals surface area contributed by atoms with Crippen molar-refractivity contribution < 1.29 is 4.79 Å². The number of hydrogen-bond donors (Lipinski definition) is 2. The Morgan fingerprint density at radius 3 is 2.52 bits per heavy atom. The van der Waals surface area contributed by atoms with E-state index in [2.05, 4.69) is 16.3 Å². The van der Waals surface area contributed by atoms with Gasteiger partial charge in [0.15, 0.2) is 5.50 Å². The first-order valence-corrected chi connectivity index (χ1v) is 11.8. The second kappa shape index (κ2) is 8.06. The fourth-order valence-electron chi connectivity index (χ4n) is 4.17. The number of nitrogens with zero attached hydrogens (tertiary/aromatic N) is 1. The molecule has 7 heteroatoms. The van der Waals surface area contributed by atoms with E-state index < -0.39 is 5.41 Å². The van der Waals surface area contributed by atoms with Gasteiger partial charge in [0.2, 0.25) is 5.91 Å². The molecule has 3 aromatic carbocycles. The molecule has 1 aliphatic carbocycles. The molecule has 158 valence electrons. The van der Waals surface area contributed by atoms with Crippen LogP contribution in [0.4, 0.5) is 11.4 Å². The van der Waals surface area contributed by atoms with Crippen LogP contribution in [0.25, 0.3) is 0 Å². The molecule has 1 atom stereocenters. The average molecular weight is 470 g/mol. The van der Waals surface area contributed by atoms with Crippen LogP contribution in [0.1, 0.15) is 24.0 Å². The predicted molar refractivity (Wildman–Crippen MR) is 128 cm³/mol. The summed E-state index contributed by atoms with van der Waals surface area (Å²) in [6, 6.07) is 21.4. The summed E-state index contributed by atoms with van der Waals surface area (Å²) in [6.07, 6.45) is 1.65. The van der Waals surface area contributed by atoms with Crippen molar-refractivity contribution in [3.63, 3.8) is 0 Å². The molecule has 3 N–H and O–H groups in total. The molecule has 4 nitrogen and oxygen atoms in total. The molecular weight excluding hydrogens is 449 g/mol. The lowest BCUT2D eigenvalue weighted by Gasteiger charge is -2.31. The van der Waals surface area contributed by atoms with Crippen LogP contribution in [0.3, 0.4) is 0 Å². The van der Waals surface area contributed by atoms with Gasteiger partial charge in [-0.25, -0.2) is 0 Å². The number of nitrogens with one attached hydrogen (secondary N) is 1. The van der Waals surface area contributed by atoms with Crippen molar-refractivity contribution in [1.29, 1.82) is 0 Å². The van der Waals surface area contributed by atoms with Crippen LogP contribution >= 0.6 is 35.0 Å². The van der Waals surface area contributed by atoms with Gasteiger partial charge in [-0.05, 0) is 54.3 Å². The van der Waals surface area contributed by atoms with Crippen molar-refractivity contribution in [2.75, 3.05) is 4.90 Å². The van der Waals surface area contributed by atoms with E-state index in [1.807, 2.05) is 60.7 Å². The first kappa shape index (κ1) is 20.7. The molecule has 0 radical (unpaired) electrons. The van der Waals surface area contributed by atoms with Crippen LogP contribution in [-0.2, 0) is 16.8 Å². The summed E-state index contributed by atoms with van der Waals surface area (Å²) in [5.41, 5.74) is 9.00. The highest BCUT2D eigenvalue weighted by atomic mass is 35.5. The molecule has 3 aromatic rings. The van der Waals surface area contributed by atoms with Crippen LogP contribution in [0.2, 0.25) is 10.0 Å². The minimum atomic E-state index is -0.497. The molecule has 1 amide bonds. The van der Waals surface area contributed by atoms with Gasteiger partial charge in [0.05, 0.1) is 21.8 Å². The average Bonchev–Trinajstić information content (AvgIpc) is 3.51. The standard InChI is InChI=1S/C24H21Cl2N3OS/c25-17-10-8-16(9-11-17)24(12-13-24)22(30)28-23-29(19-6-1-2-7-20(19)31-23)21-15(14-27)4-3-5-18(21)26/h1-11,23H,12-14,27H2,(H,28,30). The number of hydrogen-bond acceptors (Lipinski definition) is 4. The van der Waals surface area contributed by atoms with Gasteiger partial charge in [0.25, 0.3) is 0 Å². The zero-order chi connectivity index (χ0) is 21.6. The van der Waals surface area contributed by atoms with E-state index in [0.29, 0.717) is 16.6 Å². The Hall–Kier alpha value is -2.18. The minimum Gasteiger partial charge on any atom is -0.326 e. The van der Waals surface area contributed by atoms with Crippen molar-refractivity contribution >= 4 is 52.2 Å². The molecule has 1 unspecified atom stereocenters. The molecular formula is C24H21Cl2N3OS. The Morgan fingerprint density at radius 2 is 1.81 bits per heavy atom. The lowest BCUT2D eigenvalue weighted by atomic mass is 9.95. The molecule has 1 aliphatic heterocycles. The highest BCUT2D eigenvalue weighted by molar-refractivity contribution is 8.00. The summed E-state index contributed by atoms with van der Waals surface area (Å²) in [5.74, 6) is 0.0199. The number of para-hydroxylation sites is 2.